The van der Waals surface area contributed by atoms with Crippen molar-refractivity contribution >= 4 is 37.5 Å². The Hall–Kier alpha value is -2.68. The van der Waals surface area contributed by atoms with Gasteiger partial charge in [-0.25, -0.2) is 13.6 Å². The van der Waals surface area contributed by atoms with Crippen molar-refractivity contribution in [2.45, 2.75) is 4.90 Å². The van der Waals surface area contributed by atoms with Crippen LogP contribution in [0, 0.1) is 0 Å². The number of halogens is 1. The van der Waals surface area contributed by atoms with E-state index >= 15 is 0 Å². The Morgan fingerprint density at radius 3 is 2.18 bits per heavy atom. The quantitative estimate of drug-likeness (QED) is 0.618. The Balaban J connectivity index is 1.82. The highest BCUT2D eigenvalue weighted by Gasteiger charge is 2.19. The maximum absolute atomic E-state index is 12.9. The molecule has 3 aromatic carbocycles. The minimum Gasteiger partial charge on any atom is -0.457 e. The van der Waals surface area contributed by atoms with Crippen molar-refractivity contribution in [2.24, 2.45) is 5.14 Å². The second-order valence-corrected chi connectivity index (χ2v) is 8.38. The summed E-state index contributed by atoms with van der Waals surface area (Å²) in [5.41, 5.74) is 0.817. The van der Waals surface area contributed by atoms with E-state index in [1.807, 2.05) is 30.3 Å². The van der Waals surface area contributed by atoms with Gasteiger partial charge in [0, 0.05) is 17.2 Å². The Bertz CT molecular complexity index is 1100. The van der Waals surface area contributed by atoms with Gasteiger partial charge in [0.15, 0.2) is 0 Å². The van der Waals surface area contributed by atoms with E-state index < -0.39 is 10.0 Å². The van der Waals surface area contributed by atoms with Crippen molar-refractivity contribution in [1.82, 2.24) is 0 Å². The molecule has 0 saturated heterocycles. The van der Waals surface area contributed by atoms with Crippen molar-refractivity contribution in [1.29, 1.82) is 0 Å². The molecular formula is C20H17BrN2O4S. The van der Waals surface area contributed by atoms with Gasteiger partial charge in [0.25, 0.3) is 5.91 Å². The molecule has 0 aliphatic rings. The first-order valence-electron chi connectivity index (χ1n) is 8.19. The summed E-state index contributed by atoms with van der Waals surface area (Å²) < 4.78 is 29.4. The van der Waals surface area contributed by atoms with Gasteiger partial charge in [-0.2, -0.15) is 0 Å². The number of anilines is 1. The SMILES string of the molecule is CN(C(=O)c1cc(S(N)(=O)=O)ccc1Br)c1ccc(Oc2ccccc2)cc1. The Kier molecular flexibility index (Phi) is 5.83. The topological polar surface area (TPSA) is 89.7 Å². The van der Waals surface area contributed by atoms with Gasteiger partial charge in [0.05, 0.1) is 10.5 Å². The standard InChI is InChI=1S/C20H17BrN2O4S/c1-23(20(24)18-13-17(28(22,25)26)11-12-19(18)21)14-7-9-16(10-8-14)27-15-5-3-2-4-6-15/h2-13H,1H3,(H2,22,25,26). The summed E-state index contributed by atoms with van der Waals surface area (Å²) in [6.07, 6.45) is 0. The molecule has 0 aliphatic carbocycles. The first-order valence-corrected chi connectivity index (χ1v) is 10.5. The number of sulfonamides is 1. The average molecular weight is 461 g/mol. The van der Waals surface area contributed by atoms with Gasteiger partial charge in [-0.3, -0.25) is 4.79 Å². The van der Waals surface area contributed by atoms with E-state index in [4.69, 9.17) is 9.88 Å². The number of nitrogens with two attached hydrogens (primary N) is 1. The molecule has 28 heavy (non-hydrogen) atoms. The smallest absolute Gasteiger partial charge is 0.259 e. The molecule has 0 aliphatic heterocycles. The molecule has 6 nitrogen and oxygen atoms in total. The Morgan fingerprint density at radius 2 is 1.57 bits per heavy atom. The normalized spacial score (nSPS) is 11.1. The van der Waals surface area contributed by atoms with Gasteiger partial charge in [0.2, 0.25) is 10.0 Å². The molecule has 3 aromatic rings. The van der Waals surface area contributed by atoms with E-state index in [0.717, 1.165) is 0 Å². The van der Waals surface area contributed by atoms with Gasteiger partial charge in [-0.15, -0.1) is 0 Å². The number of nitrogens with zero attached hydrogens (tertiary/aromatic N) is 1. The molecular weight excluding hydrogens is 444 g/mol. The molecule has 3 rings (SSSR count). The minimum atomic E-state index is -3.91. The summed E-state index contributed by atoms with van der Waals surface area (Å²) in [7, 11) is -2.31. The van der Waals surface area contributed by atoms with E-state index in [-0.39, 0.29) is 16.4 Å². The summed E-state index contributed by atoms with van der Waals surface area (Å²) in [6, 6.07) is 20.4. The van der Waals surface area contributed by atoms with Crippen LogP contribution in [0.3, 0.4) is 0 Å². The second-order valence-electron chi connectivity index (χ2n) is 5.96. The van der Waals surface area contributed by atoms with Gasteiger partial charge < -0.3 is 9.64 Å². The molecule has 0 aromatic heterocycles. The fraction of sp³-hybridized carbons (Fsp3) is 0.0500. The molecule has 144 valence electrons. The summed E-state index contributed by atoms with van der Waals surface area (Å²) in [5, 5.41) is 5.16. The monoisotopic (exact) mass is 460 g/mol. The van der Waals surface area contributed by atoms with Gasteiger partial charge in [-0.05, 0) is 70.5 Å². The van der Waals surface area contributed by atoms with E-state index in [1.165, 1.54) is 23.1 Å². The van der Waals surface area contributed by atoms with E-state index in [1.54, 1.807) is 31.3 Å². The molecule has 0 bridgehead atoms. The first-order chi connectivity index (χ1) is 13.3. The highest BCUT2D eigenvalue weighted by molar-refractivity contribution is 9.10. The van der Waals surface area contributed by atoms with Crippen LogP contribution >= 0.6 is 15.9 Å². The van der Waals surface area contributed by atoms with E-state index in [9.17, 15) is 13.2 Å². The number of benzene rings is 3. The van der Waals surface area contributed by atoms with Crippen LogP contribution in [-0.2, 0) is 10.0 Å². The van der Waals surface area contributed by atoms with Crippen molar-refractivity contribution in [3.63, 3.8) is 0 Å². The van der Waals surface area contributed by atoms with Crippen molar-refractivity contribution in [3.8, 4) is 11.5 Å². The van der Waals surface area contributed by atoms with Crippen LogP contribution in [-0.4, -0.2) is 21.4 Å². The third kappa shape index (κ3) is 4.59. The lowest BCUT2D eigenvalue weighted by Crippen LogP contribution is -2.27. The molecule has 1 amide bonds. The number of primary sulfonamides is 1. The summed E-state index contributed by atoms with van der Waals surface area (Å²) in [4.78, 5) is 14.1. The highest BCUT2D eigenvalue weighted by Crippen LogP contribution is 2.27. The number of hydrogen-bond acceptors (Lipinski definition) is 4. The van der Waals surface area contributed by atoms with E-state index in [2.05, 4.69) is 15.9 Å². The number of amides is 1. The molecule has 0 unspecified atom stereocenters. The predicted octanol–water partition coefficient (Wildman–Crippen LogP) is 4.17. The highest BCUT2D eigenvalue weighted by atomic mass is 79.9. The van der Waals surface area contributed by atoms with Crippen molar-refractivity contribution in [2.75, 3.05) is 11.9 Å². The summed E-state index contributed by atoms with van der Waals surface area (Å²) in [5.74, 6) is 0.964. The zero-order valence-corrected chi connectivity index (χ0v) is 17.3. The fourth-order valence-corrected chi connectivity index (χ4v) is 3.46. The van der Waals surface area contributed by atoms with Crippen LogP contribution in [0.4, 0.5) is 5.69 Å². The maximum Gasteiger partial charge on any atom is 0.259 e. The van der Waals surface area contributed by atoms with Gasteiger partial charge >= 0.3 is 0 Å². The van der Waals surface area contributed by atoms with Crippen LogP contribution in [0.2, 0.25) is 0 Å². The molecule has 0 spiro atoms. The largest absolute Gasteiger partial charge is 0.457 e. The lowest BCUT2D eigenvalue weighted by Gasteiger charge is -2.19. The molecule has 0 heterocycles. The summed E-state index contributed by atoms with van der Waals surface area (Å²) >= 11 is 3.28. The van der Waals surface area contributed by atoms with Crippen LogP contribution < -0.4 is 14.8 Å². The van der Waals surface area contributed by atoms with E-state index in [0.29, 0.717) is 21.7 Å². The minimum absolute atomic E-state index is 0.126. The first kappa shape index (κ1) is 20.1. The number of ether oxygens (including phenoxy) is 1. The molecule has 0 fully saturated rings. The number of rotatable bonds is 5. The lowest BCUT2D eigenvalue weighted by atomic mass is 10.2. The molecule has 0 saturated carbocycles. The predicted molar refractivity (Wildman–Crippen MR) is 111 cm³/mol. The van der Waals surface area contributed by atoms with Gasteiger partial charge in [0.1, 0.15) is 11.5 Å². The maximum atomic E-state index is 12.9. The van der Waals surface area contributed by atoms with Gasteiger partial charge in [-0.1, -0.05) is 18.2 Å². The number of carbonyl (C=O) groups is 1. The Morgan fingerprint density at radius 1 is 0.964 bits per heavy atom. The molecule has 8 heteroatoms. The van der Waals surface area contributed by atoms with Crippen LogP contribution in [0.1, 0.15) is 10.4 Å². The third-order valence-electron chi connectivity index (χ3n) is 4.00. The van der Waals surface area contributed by atoms with Crippen LogP contribution in [0.15, 0.2) is 82.2 Å². The zero-order valence-electron chi connectivity index (χ0n) is 14.9. The molecule has 2 N–H and O–H groups in total. The summed E-state index contributed by atoms with van der Waals surface area (Å²) in [6.45, 7) is 0. The molecule has 0 atom stereocenters. The average Bonchev–Trinajstić information content (AvgIpc) is 2.68. The van der Waals surface area contributed by atoms with Crippen molar-refractivity contribution < 1.29 is 17.9 Å². The number of hydrogen-bond donors (Lipinski definition) is 1. The fourth-order valence-electron chi connectivity index (χ4n) is 2.51. The second kappa shape index (κ2) is 8.14. The number of para-hydroxylation sites is 1. The third-order valence-corrected chi connectivity index (χ3v) is 5.61. The molecule has 0 radical (unpaired) electrons. The van der Waals surface area contributed by atoms with Crippen LogP contribution in [0.25, 0.3) is 0 Å². The Labute approximate surface area is 171 Å². The zero-order chi connectivity index (χ0) is 20.3. The van der Waals surface area contributed by atoms with Crippen molar-refractivity contribution in [3.05, 3.63) is 82.8 Å². The lowest BCUT2D eigenvalue weighted by molar-refractivity contribution is 0.0992. The van der Waals surface area contributed by atoms with Crippen LogP contribution in [0.5, 0.6) is 11.5 Å². The number of carbonyl (C=O) groups excluding carboxylic acids is 1.